The second kappa shape index (κ2) is 5.95. The van der Waals surface area contributed by atoms with Crippen molar-refractivity contribution in [2.75, 3.05) is 0 Å². The molecule has 0 heterocycles. The van der Waals surface area contributed by atoms with Crippen molar-refractivity contribution in [2.24, 2.45) is 4.99 Å². The van der Waals surface area contributed by atoms with Gasteiger partial charge in [0.15, 0.2) is 0 Å². The van der Waals surface area contributed by atoms with Gasteiger partial charge in [0.1, 0.15) is 0 Å². The lowest BCUT2D eigenvalue weighted by atomic mass is 9.96. The number of aliphatic imine (C=N–C) groups is 1. The summed E-state index contributed by atoms with van der Waals surface area (Å²) in [5.41, 5.74) is 1.37. The highest BCUT2D eigenvalue weighted by Crippen LogP contribution is 2.20. The highest BCUT2D eigenvalue weighted by Gasteiger charge is 2.10. The first-order chi connectivity index (χ1) is 6.36. The Morgan fingerprint density at radius 1 is 1.31 bits per heavy atom. The van der Waals surface area contributed by atoms with Gasteiger partial charge in [-0.05, 0) is 31.8 Å². The molecule has 0 aromatic heterocycles. The van der Waals surface area contributed by atoms with Gasteiger partial charge in [0.25, 0.3) is 0 Å². The second-order valence-corrected chi connectivity index (χ2v) is 3.79. The Balaban J connectivity index is 2.36. The van der Waals surface area contributed by atoms with Gasteiger partial charge in [-0.15, -0.1) is 0 Å². The predicted molar refractivity (Wildman–Crippen MR) is 59.4 cm³/mol. The van der Waals surface area contributed by atoms with Crippen molar-refractivity contribution in [3.63, 3.8) is 0 Å². The average molecular weight is 179 g/mol. The summed E-state index contributed by atoms with van der Waals surface area (Å²) >= 11 is 0. The van der Waals surface area contributed by atoms with Gasteiger partial charge in [-0.25, -0.2) is 0 Å². The SMILES string of the molecule is CC=C(C=NC1CCCCC1)CC. The molecule has 1 heteroatoms. The lowest BCUT2D eigenvalue weighted by Gasteiger charge is -2.17. The third-order valence-corrected chi connectivity index (χ3v) is 2.80. The van der Waals surface area contributed by atoms with Crippen LogP contribution >= 0.6 is 0 Å². The van der Waals surface area contributed by atoms with E-state index in [-0.39, 0.29) is 0 Å². The van der Waals surface area contributed by atoms with Crippen LogP contribution in [0, 0.1) is 0 Å². The molecule has 0 radical (unpaired) electrons. The van der Waals surface area contributed by atoms with Crippen molar-refractivity contribution in [1.82, 2.24) is 0 Å². The monoisotopic (exact) mass is 179 g/mol. The summed E-state index contributed by atoms with van der Waals surface area (Å²) in [7, 11) is 0. The second-order valence-electron chi connectivity index (χ2n) is 3.79. The zero-order valence-corrected chi connectivity index (χ0v) is 8.92. The van der Waals surface area contributed by atoms with E-state index in [9.17, 15) is 0 Å². The van der Waals surface area contributed by atoms with Gasteiger partial charge in [0.05, 0.1) is 0 Å². The highest BCUT2D eigenvalue weighted by molar-refractivity contribution is 5.78. The molecule has 0 aromatic rings. The number of allylic oxidation sites excluding steroid dienone is 2. The van der Waals surface area contributed by atoms with Crippen LogP contribution in [0.1, 0.15) is 52.4 Å². The molecule has 0 spiro atoms. The quantitative estimate of drug-likeness (QED) is 0.585. The Morgan fingerprint density at radius 3 is 2.54 bits per heavy atom. The van der Waals surface area contributed by atoms with Gasteiger partial charge in [0, 0.05) is 12.3 Å². The number of hydrogen-bond acceptors (Lipinski definition) is 1. The molecule has 1 nitrogen and oxygen atoms in total. The van der Waals surface area contributed by atoms with Crippen molar-refractivity contribution in [1.29, 1.82) is 0 Å². The zero-order valence-electron chi connectivity index (χ0n) is 8.92. The number of rotatable bonds is 3. The van der Waals surface area contributed by atoms with Crippen molar-refractivity contribution in [2.45, 2.75) is 58.4 Å². The highest BCUT2D eigenvalue weighted by atomic mass is 14.8. The Bertz CT molecular complexity index is 185. The van der Waals surface area contributed by atoms with Crippen LogP contribution in [-0.2, 0) is 0 Å². The van der Waals surface area contributed by atoms with Crippen LogP contribution < -0.4 is 0 Å². The van der Waals surface area contributed by atoms with E-state index < -0.39 is 0 Å². The van der Waals surface area contributed by atoms with Crippen LogP contribution in [-0.4, -0.2) is 12.3 Å². The first-order valence-corrected chi connectivity index (χ1v) is 5.55. The zero-order chi connectivity index (χ0) is 9.52. The largest absolute Gasteiger partial charge is 0.290 e. The molecule has 13 heavy (non-hydrogen) atoms. The van der Waals surface area contributed by atoms with Crippen LogP contribution in [0.4, 0.5) is 0 Å². The molecule has 0 unspecified atom stereocenters. The van der Waals surface area contributed by atoms with Gasteiger partial charge in [0.2, 0.25) is 0 Å². The van der Waals surface area contributed by atoms with E-state index in [2.05, 4.69) is 31.1 Å². The molecule has 1 saturated carbocycles. The minimum absolute atomic E-state index is 0.621. The normalized spacial score (nSPS) is 21.2. The summed E-state index contributed by atoms with van der Waals surface area (Å²) in [6.45, 7) is 4.27. The van der Waals surface area contributed by atoms with Crippen LogP contribution in [0.3, 0.4) is 0 Å². The van der Waals surface area contributed by atoms with Crippen molar-refractivity contribution >= 4 is 6.21 Å². The van der Waals surface area contributed by atoms with Crippen molar-refractivity contribution in [3.05, 3.63) is 11.6 Å². The first-order valence-electron chi connectivity index (χ1n) is 5.55. The molecule has 1 aliphatic carbocycles. The lowest BCUT2D eigenvalue weighted by Crippen LogP contribution is -2.09. The lowest BCUT2D eigenvalue weighted by molar-refractivity contribution is 0.444. The fourth-order valence-electron chi connectivity index (χ4n) is 1.80. The number of nitrogens with zero attached hydrogens (tertiary/aromatic N) is 1. The Kier molecular flexibility index (Phi) is 4.81. The van der Waals surface area contributed by atoms with Gasteiger partial charge in [-0.1, -0.05) is 32.3 Å². The van der Waals surface area contributed by atoms with E-state index in [0.717, 1.165) is 6.42 Å². The maximum absolute atomic E-state index is 4.63. The Hall–Kier alpha value is -0.590. The van der Waals surface area contributed by atoms with Gasteiger partial charge < -0.3 is 0 Å². The van der Waals surface area contributed by atoms with E-state index in [1.807, 2.05) is 0 Å². The molecule has 1 aliphatic rings. The van der Waals surface area contributed by atoms with Gasteiger partial charge in [-0.2, -0.15) is 0 Å². The molecule has 74 valence electrons. The molecule has 0 aromatic carbocycles. The van der Waals surface area contributed by atoms with E-state index in [4.69, 9.17) is 0 Å². The van der Waals surface area contributed by atoms with Gasteiger partial charge in [-0.3, -0.25) is 4.99 Å². The molecule has 1 rings (SSSR count). The molecule has 1 fully saturated rings. The van der Waals surface area contributed by atoms with Crippen molar-refractivity contribution < 1.29 is 0 Å². The third kappa shape index (κ3) is 3.75. The molecule has 0 amide bonds. The molecule has 0 atom stereocenters. The van der Waals surface area contributed by atoms with Gasteiger partial charge >= 0.3 is 0 Å². The summed E-state index contributed by atoms with van der Waals surface area (Å²) < 4.78 is 0. The third-order valence-electron chi connectivity index (χ3n) is 2.80. The first kappa shape index (κ1) is 10.5. The smallest absolute Gasteiger partial charge is 0.0499 e. The molecule has 0 aliphatic heterocycles. The summed E-state index contributed by atoms with van der Waals surface area (Å²) in [5.74, 6) is 0. The predicted octanol–water partition coefficient (Wildman–Crippen LogP) is 3.75. The minimum Gasteiger partial charge on any atom is -0.290 e. The minimum atomic E-state index is 0.621. The van der Waals surface area contributed by atoms with E-state index in [1.165, 1.54) is 37.7 Å². The van der Waals surface area contributed by atoms with Crippen LogP contribution in [0.5, 0.6) is 0 Å². The van der Waals surface area contributed by atoms with Crippen LogP contribution in [0.2, 0.25) is 0 Å². The molecule has 0 N–H and O–H groups in total. The van der Waals surface area contributed by atoms with E-state index in [0.29, 0.717) is 6.04 Å². The fourth-order valence-corrected chi connectivity index (χ4v) is 1.80. The summed E-state index contributed by atoms with van der Waals surface area (Å²) in [4.78, 5) is 4.63. The molecular formula is C12H21N. The molecule has 0 bridgehead atoms. The molecular weight excluding hydrogens is 158 g/mol. The Labute approximate surface area is 82.0 Å². The fraction of sp³-hybridized carbons (Fsp3) is 0.750. The van der Waals surface area contributed by atoms with Crippen LogP contribution in [0.25, 0.3) is 0 Å². The summed E-state index contributed by atoms with van der Waals surface area (Å²) in [6, 6.07) is 0.621. The maximum atomic E-state index is 4.63. The van der Waals surface area contributed by atoms with Crippen molar-refractivity contribution in [3.8, 4) is 0 Å². The topological polar surface area (TPSA) is 12.4 Å². The summed E-state index contributed by atoms with van der Waals surface area (Å²) in [6.07, 6.45) is 12.1. The Morgan fingerprint density at radius 2 is 2.00 bits per heavy atom. The van der Waals surface area contributed by atoms with Crippen LogP contribution in [0.15, 0.2) is 16.6 Å². The maximum Gasteiger partial charge on any atom is 0.0499 e. The average Bonchev–Trinajstić information content (AvgIpc) is 2.21. The van der Waals surface area contributed by atoms with E-state index in [1.54, 1.807) is 0 Å². The summed E-state index contributed by atoms with van der Waals surface area (Å²) in [5, 5.41) is 0. The standard InChI is InChI=1S/C12H21N/c1-3-11(4-2)10-13-12-8-6-5-7-9-12/h3,10,12H,4-9H2,1-2H3. The van der Waals surface area contributed by atoms with E-state index >= 15 is 0 Å². The number of hydrogen-bond donors (Lipinski definition) is 0. The molecule has 0 saturated heterocycles.